The zero-order valence-corrected chi connectivity index (χ0v) is 16.5. The maximum Gasteiger partial charge on any atom is 0.227 e. The van der Waals surface area contributed by atoms with Crippen molar-refractivity contribution in [3.8, 4) is 11.4 Å². The number of benzene rings is 2. The van der Waals surface area contributed by atoms with Crippen LogP contribution >= 0.6 is 11.6 Å². The fourth-order valence-electron chi connectivity index (χ4n) is 3.35. The number of anilines is 1. The predicted molar refractivity (Wildman–Crippen MR) is 108 cm³/mol. The molecule has 150 valence electrons. The smallest absolute Gasteiger partial charge is 0.227 e. The topological polar surface area (TPSA) is 62.5 Å². The molecular formula is C21H20ClFN4O2. The van der Waals surface area contributed by atoms with E-state index in [9.17, 15) is 9.18 Å². The van der Waals surface area contributed by atoms with E-state index >= 15 is 0 Å². The Morgan fingerprint density at radius 3 is 2.52 bits per heavy atom. The molecule has 0 aliphatic carbocycles. The number of carbonyl (C=O) groups is 1. The van der Waals surface area contributed by atoms with Crippen LogP contribution in [0.15, 0.2) is 53.1 Å². The Kier molecular flexibility index (Phi) is 5.76. The van der Waals surface area contributed by atoms with Gasteiger partial charge in [-0.15, -0.1) is 0 Å². The Balaban J connectivity index is 1.29. The van der Waals surface area contributed by atoms with E-state index in [1.54, 1.807) is 12.1 Å². The maximum absolute atomic E-state index is 13.0. The molecule has 3 aromatic rings. The Morgan fingerprint density at radius 2 is 1.79 bits per heavy atom. The van der Waals surface area contributed by atoms with Gasteiger partial charge in [0.25, 0.3) is 0 Å². The van der Waals surface area contributed by atoms with Crippen LogP contribution in [-0.2, 0) is 11.2 Å². The molecular weight excluding hydrogens is 395 g/mol. The third-order valence-electron chi connectivity index (χ3n) is 4.95. The number of para-hydroxylation sites is 1. The highest BCUT2D eigenvalue weighted by atomic mass is 35.5. The number of carbonyl (C=O) groups excluding carboxylic acids is 1. The molecule has 2 heterocycles. The first-order valence-corrected chi connectivity index (χ1v) is 9.84. The number of rotatable bonds is 5. The van der Waals surface area contributed by atoms with E-state index in [2.05, 4.69) is 15.0 Å². The van der Waals surface area contributed by atoms with E-state index in [0.29, 0.717) is 43.2 Å². The molecule has 2 aromatic carbocycles. The third-order valence-corrected chi connectivity index (χ3v) is 5.27. The van der Waals surface area contributed by atoms with Crippen LogP contribution in [0.25, 0.3) is 11.4 Å². The van der Waals surface area contributed by atoms with E-state index in [0.717, 1.165) is 23.8 Å². The molecule has 0 bridgehead atoms. The summed E-state index contributed by atoms with van der Waals surface area (Å²) in [6.07, 6.45) is 0.675. The Labute approximate surface area is 172 Å². The second-order valence-corrected chi connectivity index (χ2v) is 7.25. The van der Waals surface area contributed by atoms with Gasteiger partial charge in [0.15, 0.2) is 0 Å². The number of halogens is 2. The van der Waals surface area contributed by atoms with Crippen molar-refractivity contribution in [1.29, 1.82) is 0 Å². The standard InChI is InChI=1S/C21H20ClFN4O2/c22-17-3-1-2-4-18(17)26-11-13-27(14-12-26)20(28)10-9-19-24-21(25-29-19)15-5-7-16(23)8-6-15/h1-8H,9-14H2. The lowest BCUT2D eigenvalue weighted by Crippen LogP contribution is -2.48. The summed E-state index contributed by atoms with van der Waals surface area (Å²) in [5.41, 5.74) is 1.67. The zero-order chi connectivity index (χ0) is 20.2. The molecule has 1 fully saturated rings. The monoisotopic (exact) mass is 414 g/mol. The van der Waals surface area contributed by atoms with Crippen molar-refractivity contribution in [2.24, 2.45) is 0 Å². The van der Waals surface area contributed by atoms with E-state index in [-0.39, 0.29) is 11.7 Å². The summed E-state index contributed by atoms with van der Waals surface area (Å²) in [6, 6.07) is 13.6. The Morgan fingerprint density at radius 1 is 1.07 bits per heavy atom. The van der Waals surface area contributed by atoms with Crippen molar-refractivity contribution >= 4 is 23.2 Å². The molecule has 0 spiro atoms. The van der Waals surface area contributed by atoms with Crippen LogP contribution in [0.4, 0.5) is 10.1 Å². The first-order valence-electron chi connectivity index (χ1n) is 9.46. The van der Waals surface area contributed by atoms with Crippen LogP contribution in [-0.4, -0.2) is 47.1 Å². The lowest BCUT2D eigenvalue weighted by molar-refractivity contribution is -0.131. The highest BCUT2D eigenvalue weighted by molar-refractivity contribution is 6.33. The van der Waals surface area contributed by atoms with Crippen LogP contribution in [0.5, 0.6) is 0 Å². The summed E-state index contributed by atoms with van der Waals surface area (Å²) in [6.45, 7) is 2.78. The molecule has 1 saturated heterocycles. The quantitative estimate of drug-likeness (QED) is 0.635. The summed E-state index contributed by atoms with van der Waals surface area (Å²) in [5, 5.41) is 4.63. The molecule has 0 radical (unpaired) electrons. The van der Waals surface area contributed by atoms with Crippen molar-refractivity contribution in [2.45, 2.75) is 12.8 Å². The number of hydrogen-bond acceptors (Lipinski definition) is 5. The molecule has 0 unspecified atom stereocenters. The average Bonchev–Trinajstić information content (AvgIpc) is 3.22. The minimum absolute atomic E-state index is 0.0605. The van der Waals surface area contributed by atoms with Gasteiger partial charge in [-0.25, -0.2) is 4.39 Å². The largest absolute Gasteiger partial charge is 0.367 e. The number of piperazine rings is 1. The molecule has 0 saturated carbocycles. The molecule has 1 amide bonds. The summed E-state index contributed by atoms with van der Waals surface area (Å²) < 4.78 is 18.2. The molecule has 0 N–H and O–H groups in total. The molecule has 6 nitrogen and oxygen atoms in total. The van der Waals surface area contributed by atoms with Gasteiger partial charge in [0.1, 0.15) is 5.82 Å². The van der Waals surface area contributed by atoms with Gasteiger partial charge in [-0.05, 0) is 36.4 Å². The summed E-state index contributed by atoms with van der Waals surface area (Å²) in [5.74, 6) is 0.524. The van der Waals surface area contributed by atoms with E-state index in [1.807, 2.05) is 29.2 Å². The number of amides is 1. The molecule has 1 aliphatic rings. The van der Waals surface area contributed by atoms with Crippen molar-refractivity contribution in [3.05, 3.63) is 65.3 Å². The highest BCUT2D eigenvalue weighted by Crippen LogP contribution is 2.26. The fraction of sp³-hybridized carbons (Fsp3) is 0.286. The molecule has 8 heteroatoms. The molecule has 29 heavy (non-hydrogen) atoms. The van der Waals surface area contributed by atoms with Crippen LogP contribution in [0.3, 0.4) is 0 Å². The first kappa shape index (κ1) is 19.4. The third kappa shape index (κ3) is 4.56. The first-order chi connectivity index (χ1) is 14.1. The van der Waals surface area contributed by atoms with Gasteiger partial charge < -0.3 is 14.3 Å². The number of nitrogens with zero attached hydrogens (tertiary/aromatic N) is 4. The number of aromatic nitrogens is 2. The van der Waals surface area contributed by atoms with Gasteiger partial charge in [0, 0.05) is 44.6 Å². The second-order valence-electron chi connectivity index (χ2n) is 6.84. The summed E-state index contributed by atoms with van der Waals surface area (Å²) >= 11 is 6.26. The van der Waals surface area contributed by atoms with Crippen molar-refractivity contribution < 1.29 is 13.7 Å². The minimum Gasteiger partial charge on any atom is -0.367 e. The van der Waals surface area contributed by atoms with E-state index in [1.165, 1.54) is 12.1 Å². The Hall–Kier alpha value is -2.93. The van der Waals surface area contributed by atoms with E-state index < -0.39 is 0 Å². The van der Waals surface area contributed by atoms with Gasteiger partial charge in [0.2, 0.25) is 17.6 Å². The lowest BCUT2D eigenvalue weighted by atomic mass is 10.2. The fourth-order valence-corrected chi connectivity index (χ4v) is 3.60. The predicted octanol–water partition coefficient (Wildman–Crippen LogP) is 3.81. The zero-order valence-electron chi connectivity index (χ0n) is 15.7. The SMILES string of the molecule is O=C(CCc1nc(-c2ccc(F)cc2)no1)N1CCN(c2ccccc2Cl)CC1. The van der Waals surface area contributed by atoms with Crippen molar-refractivity contribution in [3.63, 3.8) is 0 Å². The minimum atomic E-state index is -0.322. The van der Waals surface area contributed by atoms with Crippen LogP contribution in [0.1, 0.15) is 12.3 Å². The average molecular weight is 415 g/mol. The maximum atomic E-state index is 13.0. The van der Waals surface area contributed by atoms with Gasteiger partial charge in [-0.1, -0.05) is 28.9 Å². The normalized spacial score (nSPS) is 14.3. The molecule has 4 rings (SSSR count). The molecule has 1 aliphatic heterocycles. The van der Waals surface area contributed by atoms with Crippen LogP contribution in [0.2, 0.25) is 5.02 Å². The number of aryl methyl sites for hydroxylation is 1. The van der Waals surface area contributed by atoms with Gasteiger partial charge >= 0.3 is 0 Å². The van der Waals surface area contributed by atoms with Crippen LogP contribution in [0, 0.1) is 5.82 Å². The Bertz CT molecular complexity index is 984. The summed E-state index contributed by atoms with van der Waals surface area (Å²) in [7, 11) is 0. The highest BCUT2D eigenvalue weighted by Gasteiger charge is 2.22. The van der Waals surface area contributed by atoms with Gasteiger partial charge in [-0.2, -0.15) is 4.98 Å². The van der Waals surface area contributed by atoms with Crippen molar-refractivity contribution in [1.82, 2.24) is 15.0 Å². The van der Waals surface area contributed by atoms with Crippen molar-refractivity contribution in [2.75, 3.05) is 31.1 Å². The number of hydrogen-bond donors (Lipinski definition) is 0. The van der Waals surface area contributed by atoms with E-state index in [4.69, 9.17) is 16.1 Å². The van der Waals surface area contributed by atoms with Gasteiger partial charge in [0.05, 0.1) is 10.7 Å². The molecule has 1 aromatic heterocycles. The lowest BCUT2D eigenvalue weighted by Gasteiger charge is -2.36. The second kappa shape index (κ2) is 8.61. The van der Waals surface area contributed by atoms with Crippen LogP contribution < -0.4 is 4.90 Å². The molecule has 0 atom stereocenters. The summed E-state index contributed by atoms with van der Waals surface area (Å²) in [4.78, 5) is 20.9. The van der Waals surface area contributed by atoms with Gasteiger partial charge in [-0.3, -0.25) is 4.79 Å².